The number of rotatable bonds is 11. The molecule has 1 saturated carbocycles. The predicted molar refractivity (Wildman–Crippen MR) is 144 cm³/mol. The van der Waals surface area contributed by atoms with E-state index in [9.17, 15) is 0 Å². The van der Waals surface area contributed by atoms with E-state index >= 15 is 0 Å². The maximum atomic E-state index is 2.33. The highest BCUT2D eigenvalue weighted by molar-refractivity contribution is 5.63. The summed E-state index contributed by atoms with van der Waals surface area (Å²) in [6, 6.07) is 19.6. The van der Waals surface area contributed by atoms with Gasteiger partial charge in [0.1, 0.15) is 0 Å². The summed E-state index contributed by atoms with van der Waals surface area (Å²) in [5.74, 6) is 2.82. The topological polar surface area (TPSA) is 0 Å². The van der Waals surface area contributed by atoms with E-state index in [1.54, 1.807) is 0 Å². The van der Waals surface area contributed by atoms with Crippen LogP contribution in [0.25, 0.3) is 11.1 Å². The van der Waals surface area contributed by atoms with Crippen LogP contribution in [-0.4, -0.2) is 0 Å². The van der Waals surface area contributed by atoms with Crippen molar-refractivity contribution >= 4 is 0 Å². The number of benzene rings is 2. The molecule has 1 aliphatic rings. The molecule has 0 bridgehead atoms. The first-order chi connectivity index (χ1) is 15.5. The summed E-state index contributed by atoms with van der Waals surface area (Å²) in [4.78, 5) is 0. The lowest BCUT2D eigenvalue weighted by molar-refractivity contribution is 0.327. The maximum Gasteiger partial charge on any atom is -0.0184 e. The highest BCUT2D eigenvalue weighted by Crippen LogP contribution is 2.28. The van der Waals surface area contributed by atoms with Crippen molar-refractivity contribution < 1.29 is 0 Å². The van der Waals surface area contributed by atoms with E-state index in [0.29, 0.717) is 0 Å². The van der Waals surface area contributed by atoms with Crippen LogP contribution in [0, 0.1) is 17.8 Å². The number of hydrogen-bond acceptors (Lipinski definition) is 0. The molecule has 3 rings (SSSR count). The lowest BCUT2D eigenvalue weighted by atomic mass is 9.85. The fourth-order valence-corrected chi connectivity index (χ4v) is 4.85. The molecule has 0 amide bonds. The van der Waals surface area contributed by atoms with Gasteiger partial charge in [0.2, 0.25) is 0 Å². The molecule has 0 radical (unpaired) electrons. The fourth-order valence-electron chi connectivity index (χ4n) is 4.85. The Morgan fingerprint density at radius 1 is 0.625 bits per heavy atom. The average molecular weight is 435 g/mol. The zero-order valence-corrected chi connectivity index (χ0v) is 21.6. The lowest BCUT2D eigenvalue weighted by Crippen LogP contribution is -2.05. The summed E-state index contributed by atoms with van der Waals surface area (Å²) >= 11 is 0. The van der Waals surface area contributed by atoms with Crippen molar-refractivity contribution in [2.75, 3.05) is 0 Å². The van der Waals surface area contributed by atoms with Gasteiger partial charge < -0.3 is 0 Å². The summed E-state index contributed by atoms with van der Waals surface area (Å²) < 4.78 is 0. The molecule has 178 valence electrons. The molecule has 0 aromatic heterocycles. The van der Waals surface area contributed by atoms with Crippen molar-refractivity contribution in [3.8, 4) is 11.1 Å². The van der Waals surface area contributed by atoms with E-state index in [0.717, 1.165) is 17.8 Å². The number of unbranched alkanes of at least 4 members (excludes halogenated alkanes) is 2. The summed E-state index contributed by atoms with van der Waals surface area (Å²) in [7, 11) is 0. The van der Waals surface area contributed by atoms with Crippen LogP contribution in [0.2, 0.25) is 0 Å². The largest absolute Gasteiger partial charge is 0.0628 e. The Balaban J connectivity index is 0.000000235. The summed E-state index contributed by atoms with van der Waals surface area (Å²) in [5, 5.41) is 0. The Labute approximate surface area is 200 Å². The highest BCUT2D eigenvalue weighted by Gasteiger charge is 2.12. The molecule has 0 atom stereocenters. The van der Waals surface area contributed by atoms with Gasteiger partial charge in [-0.25, -0.2) is 0 Å². The molecule has 0 N–H and O–H groups in total. The quantitative estimate of drug-likeness (QED) is 0.308. The van der Waals surface area contributed by atoms with Crippen molar-refractivity contribution in [1.82, 2.24) is 0 Å². The van der Waals surface area contributed by atoms with Crippen LogP contribution in [0.1, 0.15) is 110 Å². The standard InChI is InChI=1S/C18H22.C14H28/c1-15(2)7-6-8-16-11-13-18(14-12-16)17-9-4-3-5-10-17;1-13(2)9-5-3-6-10-14-11-7-4-8-12-14/h3-5,9-15H,6-8H2,1-2H3;13-14H,3-12H2,1-2H3. The van der Waals surface area contributed by atoms with Crippen LogP contribution >= 0.6 is 0 Å². The minimum atomic E-state index is 0.814. The second-order valence-corrected chi connectivity index (χ2v) is 10.9. The first-order valence-electron chi connectivity index (χ1n) is 13.7. The third-order valence-corrected chi connectivity index (χ3v) is 6.93. The Kier molecular flexibility index (Phi) is 13.4. The van der Waals surface area contributed by atoms with E-state index < -0.39 is 0 Å². The zero-order valence-electron chi connectivity index (χ0n) is 21.6. The monoisotopic (exact) mass is 434 g/mol. The van der Waals surface area contributed by atoms with Crippen LogP contribution in [-0.2, 0) is 6.42 Å². The van der Waals surface area contributed by atoms with Gasteiger partial charge in [-0.1, -0.05) is 153 Å². The van der Waals surface area contributed by atoms with Crippen LogP contribution in [0.5, 0.6) is 0 Å². The Morgan fingerprint density at radius 2 is 1.22 bits per heavy atom. The average Bonchev–Trinajstić information content (AvgIpc) is 2.81. The van der Waals surface area contributed by atoms with Crippen molar-refractivity contribution in [3.05, 3.63) is 60.2 Å². The molecule has 32 heavy (non-hydrogen) atoms. The molecular formula is C32H50. The van der Waals surface area contributed by atoms with Crippen LogP contribution < -0.4 is 0 Å². The molecule has 2 aromatic rings. The van der Waals surface area contributed by atoms with Gasteiger partial charge in [-0.2, -0.15) is 0 Å². The van der Waals surface area contributed by atoms with Gasteiger partial charge in [0.15, 0.2) is 0 Å². The van der Waals surface area contributed by atoms with Crippen molar-refractivity contribution in [2.45, 2.75) is 111 Å². The minimum Gasteiger partial charge on any atom is -0.0628 e. The fraction of sp³-hybridized carbons (Fsp3) is 0.625. The molecule has 0 nitrogen and oxygen atoms in total. The van der Waals surface area contributed by atoms with E-state index in [1.165, 1.54) is 100 Å². The highest BCUT2D eigenvalue weighted by atomic mass is 14.2. The number of hydrogen-bond donors (Lipinski definition) is 0. The molecule has 0 saturated heterocycles. The van der Waals surface area contributed by atoms with Gasteiger partial charge in [-0.15, -0.1) is 0 Å². The Bertz CT molecular complexity index is 674. The molecule has 2 aromatic carbocycles. The Morgan fingerprint density at radius 3 is 1.84 bits per heavy atom. The maximum absolute atomic E-state index is 2.33. The molecule has 1 aliphatic carbocycles. The second kappa shape index (κ2) is 16.1. The van der Waals surface area contributed by atoms with Gasteiger partial charge in [-0.05, 0) is 47.3 Å². The molecule has 1 fully saturated rings. The SMILES string of the molecule is CC(C)CCCCCC1CCCCC1.CC(C)CCCc1ccc(-c2ccccc2)cc1. The van der Waals surface area contributed by atoms with E-state index in [2.05, 4.69) is 82.3 Å². The zero-order chi connectivity index (χ0) is 23.0. The predicted octanol–water partition coefficient (Wildman–Crippen LogP) is 10.5. The van der Waals surface area contributed by atoms with E-state index in [-0.39, 0.29) is 0 Å². The molecule has 0 unspecified atom stereocenters. The summed E-state index contributed by atoms with van der Waals surface area (Å²) in [5.41, 5.74) is 4.06. The molecular weight excluding hydrogens is 384 g/mol. The van der Waals surface area contributed by atoms with Gasteiger partial charge in [0.25, 0.3) is 0 Å². The smallest absolute Gasteiger partial charge is 0.0184 e. The van der Waals surface area contributed by atoms with Crippen LogP contribution in [0.3, 0.4) is 0 Å². The number of aryl methyl sites for hydroxylation is 1. The lowest BCUT2D eigenvalue weighted by Gasteiger charge is -2.21. The minimum absolute atomic E-state index is 0.814. The summed E-state index contributed by atoms with van der Waals surface area (Å²) in [6.07, 6.45) is 18.8. The van der Waals surface area contributed by atoms with Crippen LogP contribution in [0.4, 0.5) is 0 Å². The normalized spacial score (nSPS) is 14.4. The van der Waals surface area contributed by atoms with Gasteiger partial charge in [-0.3, -0.25) is 0 Å². The third kappa shape index (κ3) is 11.9. The Hall–Kier alpha value is -1.56. The van der Waals surface area contributed by atoms with Crippen molar-refractivity contribution in [1.29, 1.82) is 0 Å². The summed E-state index contributed by atoms with van der Waals surface area (Å²) in [6.45, 7) is 9.25. The first-order valence-corrected chi connectivity index (χ1v) is 13.7. The second-order valence-electron chi connectivity index (χ2n) is 10.9. The van der Waals surface area contributed by atoms with Gasteiger partial charge in [0, 0.05) is 0 Å². The van der Waals surface area contributed by atoms with E-state index in [1.807, 2.05) is 0 Å². The van der Waals surface area contributed by atoms with Gasteiger partial charge in [0.05, 0.1) is 0 Å². The first kappa shape index (κ1) is 26.7. The third-order valence-electron chi connectivity index (χ3n) is 6.93. The van der Waals surface area contributed by atoms with E-state index in [4.69, 9.17) is 0 Å². The van der Waals surface area contributed by atoms with Crippen molar-refractivity contribution in [2.24, 2.45) is 17.8 Å². The van der Waals surface area contributed by atoms with Crippen LogP contribution in [0.15, 0.2) is 54.6 Å². The molecule has 0 heteroatoms. The molecule has 0 aliphatic heterocycles. The molecule has 0 spiro atoms. The van der Waals surface area contributed by atoms with Crippen molar-refractivity contribution in [3.63, 3.8) is 0 Å². The molecule has 0 heterocycles. The van der Waals surface area contributed by atoms with Gasteiger partial charge >= 0.3 is 0 Å².